The van der Waals surface area contributed by atoms with Gasteiger partial charge in [-0.1, -0.05) is 0 Å². The van der Waals surface area contributed by atoms with Crippen LogP contribution in [0.1, 0.15) is 19.3 Å². The monoisotopic (exact) mass is 225 g/mol. The number of carbonyl (C=O) groups excluding carboxylic acids is 2. The molecule has 90 valence electrons. The van der Waals surface area contributed by atoms with E-state index in [9.17, 15) is 9.59 Å². The number of fused-ring (bicyclic) bond motifs is 1. The molecule has 0 aromatic rings. The van der Waals surface area contributed by atoms with E-state index in [4.69, 9.17) is 0 Å². The van der Waals surface area contributed by atoms with Crippen LogP contribution in [0.3, 0.4) is 0 Å². The van der Waals surface area contributed by atoms with Gasteiger partial charge in [-0.3, -0.25) is 9.59 Å². The minimum absolute atomic E-state index is 0.0764. The van der Waals surface area contributed by atoms with Gasteiger partial charge in [0.1, 0.15) is 0 Å². The molecule has 2 heterocycles. The van der Waals surface area contributed by atoms with Crippen LogP contribution in [0.4, 0.5) is 0 Å². The Labute approximate surface area is 95.6 Å². The van der Waals surface area contributed by atoms with E-state index < -0.39 is 0 Å². The molecule has 5 heteroatoms. The fourth-order valence-corrected chi connectivity index (χ4v) is 2.69. The zero-order valence-electron chi connectivity index (χ0n) is 9.66. The maximum atomic E-state index is 11.8. The minimum Gasteiger partial charge on any atom is -0.358 e. The van der Waals surface area contributed by atoms with E-state index in [2.05, 4.69) is 10.6 Å². The summed E-state index contributed by atoms with van der Waals surface area (Å²) in [5.74, 6) is 0.579. The number of nitrogens with one attached hydrogen (secondary N) is 2. The molecule has 2 aliphatic heterocycles. The quantitative estimate of drug-likeness (QED) is 0.655. The summed E-state index contributed by atoms with van der Waals surface area (Å²) in [6, 6.07) is 0.264. The van der Waals surface area contributed by atoms with Crippen LogP contribution in [0, 0.1) is 5.92 Å². The number of carbonyl (C=O) groups is 2. The molecule has 2 fully saturated rings. The first-order valence-corrected chi connectivity index (χ1v) is 5.93. The average molecular weight is 225 g/mol. The highest BCUT2D eigenvalue weighted by atomic mass is 16.2. The first-order valence-electron chi connectivity index (χ1n) is 5.93. The molecule has 2 amide bonds. The topological polar surface area (TPSA) is 61.4 Å². The molecule has 2 rings (SSSR count). The predicted molar refractivity (Wildman–Crippen MR) is 59.8 cm³/mol. The summed E-state index contributed by atoms with van der Waals surface area (Å²) in [5, 5.41) is 5.93. The number of rotatable bonds is 2. The summed E-state index contributed by atoms with van der Waals surface area (Å²) in [6.07, 6.45) is 2.51. The van der Waals surface area contributed by atoms with Crippen LogP contribution >= 0.6 is 0 Å². The van der Waals surface area contributed by atoms with Gasteiger partial charge in [-0.2, -0.15) is 0 Å². The fourth-order valence-electron chi connectivity index (χ4n) is 2.69. The van der Waals surface area contributed by atoms with Crippen molar-refractivity contribution in [3.63, 3.8) is 0 Å². The van der Waals surface area contributed by atoms with E-state index >= 15 is 0 Å². The SMILES string of the molecule is CNC(=O)CN1C(=O)CCC2CNCCC21. The molecule has 2 N–H and O–H groups in total. The molecule has 2 unspecified atom stereocenters. The Morgan fingerprint density at radius 3 is 3.12 bits per heavy atom. The Balaban J connectivity index is 2.05. The molecule has 0 spiro atoms. The van der Waals surface area contributed by atoms with Crippen molar-refractivity contribution in [3.8, 4) is 0 Å². The second-order valence-corrected chi connectivity index (χ2v) is 4.55. The zero-order valence-corrected chi connectivity index (χ0v) is 9.66. The van der Waals surface area contributed by atoms with Crippen LogP contribution in [0.15, 0.2) is 0 Å². The van der Waals surface area contributed by atoms with E-state index in [0.717, 1.165) is 25.9 Å². The number of hydrogen-bond donors (Lipinski definition) is 2. The number of piperidine rings is 2. The Hall–Kier alpha value is -1.10. The Morgan fingerprint density at radius 1 is 1.56 bits per heavy atom. The molecule has 16 heavy (non-hydrogen) atoms. The van der Waals surface area contributed by atoms with Crippen molar-refractivity contribution in [3.05, 3.63) is 0 Å². The minimum atomic E-state index is -0.0764. The van der Waals surface area contributed by atoms with Crippen molar-refractivity contribution in [2.45, 2.75) is 25.3 Å². The van der Waals surface area contributed by atoms with Crippen molar-refractivity contribution >= 4 is 11.8 Å². The van der Waals surface area contributed by atoms with Gasteiger partial charge in [0.15, 0.2) is 0 Å². The molecule has 2 atom stereocenters. The summed E-state index contributed by atoms with van der Waals surface area (Å²) in [5.41, 5.74) is 0. The van der Waals surface area contributed by atoms with E-state index in [-0.39, 0.29) is 24.4 Å². The molecule has 5 nitrogen and oxygen atoms in total. The lowest BCUT2D eigenvalue weighted by atomic mass is 9.84. The molecule has 2 saturated heterocycles. The lowest BCUT2D eigenvalue weighted by Crippen LogP contribution is -2.57. The van der Waals surface area contributed by atoms with Gasteiger partial charge in [-0.25, -0.2) is 0 Å². The molecular formula is C11H19N3O2. The fraction of sp³-hybridized carbons (Fsp3) is 0.818. The van der Waals surface area contributed by atoms with Crippen molar-refractivity contribution < 1.29 is 9.59 Å². The molecule has 0 bridgehead atoms. The number of nitrogens with zero attached hydrogens (tertiary/aromatic N) is 1. The van der Waals surface area contributed by atoms with Gasteiger partial charge in [0.05, 0.1) is 6.54 Å². The number of likely N-dealkylation sites (N-methyl/N-ethyl adjacent to an activating group) is 1. The molecule has 0 aliphatic carbocycles. The molecule has 0 aromatic carbocycles. The van der Waals surface area contributed by atoms with Crippen LogP contribution in [0.2, 0.25) is 0 Å². The Morgan fingerprint density at radius 2 is 2.38 bits per heavy atom. The maximum absolute atomic E-state index is 11.8. The highest BCUT2D eigenvalue weighted by Gasteiger charge is 2.37. The van der Waals surface area contributed by atoms with Crippen molar-refractivity contribution in [2.24, 2.45) is 5.92 Å². The third kappa shape index (κ3) is 2.19. The van der Waals surface area contributed by atoms with Crippen LogP contribution in [0.5, 0.6) is 0 Å². The average Bonchev–Trinajstić information content (AvgIpc) is 2.32. The van der Waals surface area contributed by atoms with E-state index in [0.29, 0.717) is 12.3 Å². The summed E-state index contributed by atoms with van der Waals surface area (Å²) >= 11 is 0. The smallest absolute Gasteiger partial charge is 0.239 e. The number of amides is 2. The summed E-state index contributed by atoms with van der Waals surface area (Å²) < 4.78 is 0. The second-order valence-electron chi connectivity index (χ2n) is 4.55. The van der Waals surface area contributed by atoms with Crippen LogP contribution in [-0.2, 0) is 9.59 Å². The lowest BCUT2D eigenvalue weighted by molar-refractivity contribution is -0.143. The number of likely N-dealkylation sites (tertiary alicyclic amines) is 1. The highest BCUT2D eigenvalue weighted by Crippen LogP contribution is 2.28. The standard InChI is InChI=1S/C11H19N3O2/c1-12-10(15)7-14-9-4-5-13-6-8(9)2-3-11(14)16/h8-9,13H,2-7H2,1H3,(H,12,15). The summed E-state index contributed by atoms with van der Waals surface area (Å²) in [7, 11) is 1.61. The Kier molecular flexibility index (Phi) is 3.43. The van der Waals surface area contributed by atoms with Gasteiger partial charge < -0.3 is 15.5 Å². The number of hydrogen-bond acceptors (Lipinski definition) is 3. The second kappa shape index (κ2) is 4.82. The van der Waals surface area contributed by atoms with Gasteiger partial charge in [0, 0.05) is 19.5 Å². The first kappa shape index (κ1) is 11.4. The molecular weight excluding hydrogens is 206 g/mol. The predicted octanol–water partition coefficient (Wildman–Crippen LogP) is -0.667. The third-order valence-electron chi connectivity index (χ3n) is 3.61. The van der Waals surface area contributed by atoms with E-state index in [1.807, 2.05) is 0 Å². The van der Waals surface area contributed by atoms with Crippen LogP contribution in [0.25, 0.3) is 0 Å². The third-order valence-corrected chi connectivity index (χ3v) is 3.61. The van der Waals surface area contributed by atoms with Gasteiger partial charge in [0.25, 0.3) is 0 Å². The largest absolute Gasteiger partial charge is 0.358 e. The van der Waals surface area contributed by atoms with E-state index in [1.165, 1.54) is 0 Å². The molecule has 0 saturated carbocycles. The summed E-state index contributed by atoms with van der Waals surface area (Å²) in [6.45, 7) is 2.14. The van der Waals surface area contributed by atoms with Crippen LogP contribution in [-0.4, -0.2) is 49.4 Å². The van der Waals surface area contributed by atoms with Crippen molar-refractivity contribution in [1.29, 1.82) is 0 Å². The molecule has 2 aliphatic rings. The van der Waals surface area contributed by atoms with Gasteiger partial charge in [-0.05, 0) is 31.8 Å². The normalized spacial score (nSPS) is 29.8. The van der Waals surface area contributed by atoms with Gasteiger partial charge in [0.2, 0.25) is 11.8 Å². The van der Waals surface area contributed by atoms with Gasteiger partial charge in [-0.15, -0.1) is 0 Å². The van der Waals surface area contributed by atoms with E-state index in [1.54, 1.807) is 11.9 Å². The van der Waals surface area contributed by atoms with Gasteiger partial charge >= 0.3 is 0 Å². The van der Waals surface area contributed by atoms with Crippen LogP contribution < -0.4 is 10.6 Å². The molecule has 0 aromatic heterocycles. The van der Waals surface area contributed by atoms with Crippen molar-refractivity contribution in [2.75, 3.05) is 26.7 Å². The Bertz CT molecular complexity index is 293. The summed E-state index contributed by atoms with van der Waals surface area (Å²) in [4.78, 5) is 25.0. The first-order chi connectivity index (χ1) is 7.72. The zero-order chi connectivity index (χ0) is 11.5. The molecule has 0 radical (unpaired) electrons. The highest BCUT2D eigenvalue weighted by molar-refractivity contribution is 5.85. The maximum Gasteiger partial charge on any atom is 0.239 e. The lowest BCUT2D eigenvalue weighted by Gasteiger charge is -2.43. The van der Waals surface area contributed by atoms with Crippen molar-refractivity contribution in [1.82, 2.24) is 15.5 Å².